The highest BCUT2D eigenvalue weighted by molar-refractivity contribution is 5.85. The fourth-order valence-electron chi connectivity index (χ4n) is 2.73. The molecule has 0 saturated carbocycles. The number of carbonyl (C=O) groups is 1. The minimum Gasteiger partial charge on any atom is -0.467 e. The van der Waals surface area contributed by atoms with E-state index in [-0.39, 0.29) is 0 Å². The summed E-state index contributed by atoms with van der Waals surface area (Å²) in [6.45, 7) is 0. The number of rotatable bonds is 1. The van der Waals surface area contributed by atoms with E-state index in [1.54, 1.807) is 24.3 Å². The monoisotopic (exact) mass is 236 g/mol. The van der Waals surface area contributed by atoms with Crippen LogP contribution in [-0.2, 0) is 19.9 Å². The summed E-state index contributed by atoms with van der Waals surface area (Å²) in [7, 11) is 1.23. The molecule has 0 amide bonds. The van der Waals surface area contributed by atoms with E-state index in [4.69, 9.17) is 9.47 Å². The first-order valence-electron chi connectivity index (χ1n) is 5.34. The highest BCUT2D eigenvalue weighted by atomic mass is 16.6. The maximum atomic E-state index is 11.9. The molecule has 90 valence electrons. The third-order valence-electron chi connectivity index (χ3n) is 3.52. The number of hydrogen-bond acceptors (Lipinski definition) is 5. The van der Waals surface area contributed by atoms with E-state index in [0.29, 0.717) is 5.56 Å². The summed E-state index contributed by atoms with van der Waals surface area (Å²) < 4.78 is 10.2. The van der Waals surface area contributed by atoms with Crippen molar-refractivity contribution in [2.75, 3.05) is 7.11 Å². The Morgan fingerprint density at radius 2 is 2.12 bits per heavy atom. The van der Waals surface area contributed by atoms with Crippen LogP contribution in [0.5, 0.6) is 0 Å². The molecular formula is C12H12O5. The van der Waals surface area contributed by atoms with Crippen LogP contribution in [0.4, 0.5) is 0 Å². The molecule has 1 aromatic rings. The molecule has 2 aliphatic rings. The lowest BCUT2D eigenvalue weighted by atomic mass is 9.78. The number of benzene rings is 1. The molecule has 0 aromatic heterocycles. The number of fused-ring (bicyclic) bond motifs is 5. The van der Waals surface area contributed by atoms with E-state index < -0.39 is 29.9 Å². The molecule has 5 heteroatoms. The highest BCUT2D eigenvalue weighted by Crippen LogP contribution is 2.55. The van der Waals surface area contributed by atoms with Gasteiger partial charge in [0.05, 0.1) is 7.11 Å². The van der Waals surface area contributed by atoms with Crippen LogP contribution in [0.15, 0.2) is 24.3 Å². The molecular weight excluding hydrogens is 224 g/mol. The lowest BCUT2D eigenvalue weighted by Crippen LogP contribution is -2.49. The lowest BCUT2D eigenvalue weighted by Gasteiger charge is -2.29. The number of carbonyl (C=O) groups excluding carboxylic acids is 1. The minimum absolute atomic E-state index is 0.578. The van der Waals surface area contributed by atoms with Crippen LogP contribution < -0.4 is 0 Å². The Balaban J connectivity index is 2.23. The summed E-state index contributed by atoms with van der Waals surface area (Å²) in [5, 5.41) is 19.9. The van der Waals surface area contributed by atoms with Crippen molar-refractivity contribution in [3.05, 3.63) is 35.4 Å². The third kappa shape index (κ3) is 1.06. The first kappa shape index (κ1) is 10.7. The van der Waals surface area contributed by atoms with Gasteiger partial charge in [0.1, 0.15) is 18.3 Å². The quantitative estimate of drug-likeness (QED) is 0.664. The Morgan fingerprint density at radius 1 is 1.41 bits per heavy atom. The molecule has 5 nitrogen and oxygen atoms in total. The van der Waals surface area contributed by atoms with Crippen molar-refractivity contribution in [2.24, 2.45) is 0 Å². The van der Waals surface area contributed by atoms with E-state index in [9.17, 15) is 15.0 Å². The van der Waals surface area contributed by atoms with Crippen LogP contribution in [0.1, 0.15) is 17.2 Å². The maximum Gasteiger partial charge on any atom is 0.345 e. The Kier molecular flexibility index (Phi) is 2.07. The molecule has 17 heavy (non-hydrogen) atoms. The second-order valence-electron chi connectivity index (χ2n) is 4.29. The van der Waals surface area contributed by atoms with Gasteiger partial charge in [0.25, 0.3) is 0 Å². The van der Waals surface area contributed by atoms with E-state index in [0.717, 1.165) is 5.56 Å². The molecule has 4 atom stereocenters. The van der Waals surface area contributed by atoms with E-state index >= 15 is 0 Å². The zero-order valence-corrected chi connectivity index (χ0v) is 9.16. The average molecular weight is 236 g/mol. The first-order chi connectivity index (χ1) is 8.13. The molecule has 0 unspecified atom stereocenters. The maximum absolute atomic E-state index is 11.9. The van der Waals surface area contributed by atoms with Crippen molar-refractivity contribution in [3.8, 4) is 0 Å². The van der Waals surface area contributed by atoms with Gasteiger partial charge in [0.2, 0.25) is 5.60 Å². The van der Waals surface area contributed by atoms with Gasteiger partial charge in [-0.15, -0.1) is 0 Å². The standard InChI is InChI=1S/C12H12O5/c1-16-11(15)12-7-5-3-2-4-6(7)9(17-12)8(13)10(12)14/h2-5,8-10,13-14H,1H3/t8-,9-,10+,12+/m0/s1. The molecule has 0 aliphatic carbocycles. The van der Waals surface area contributed by atoms with Crippen molar-refractivity contribution in [3.63, 3.8) is 0 Å². The van der Waals surface area contributed by atoms with Gasteiger partial charge in [-0.3, -0.25) is 0 Å². The average Bonchev–Trinajstić information content (AvgIpc) is 2.84. The molecule has 2 bridgehead atoms. The number of methoxy groups -OCH3 is 1. The van der Waals surface area contributed by atoms with Gasteiger partial charge in [-0.05, 0) is 5.56 Å². The van der Waals surface area contributed by atoms with Gasteiger partial charge in [-0.1, -0.05) is 24.3 Å². The topological polar surface area (TPSA) is 76.0 Å². The zero-order chi connectivity index (χ0) is 12.2. The Bertz CT molecular complexity index is 486. The molecule has 0 spiro atoms. The fraction of sp³-hybridized carbons (Fsp3) is 0.417. The summed E-state index contributed by atoms with van der Waals surface area (Å²) in [4.78, 5) is 11.9. The van der Waals surface area contributed by atoms with Gasteiger partial charge >= 0.3 is 5.97 Å². The van der Waals surface area contributed by atoms with Gasteiger partial charge in [0.15, 0.2) is 0 Å². The molecule has 2 aliphatic heterocycles. The predicted octanol–water partition coefficient (Wildman–Crippen LogP) is -0.138. The number of ether oxygens (including phenoxy) is 2. The predicted molar refractivity (Wildman–Crippen MR) is 56.0 cm³/mol. The second kappa shape index (κ2) is 3.29. The van der Waals surface area contributed by atoms with Gasteiger partial charge in [0, 0.05) is 5.56 Å². The third-order valence-corrected chi connectivity index (χ3v) is 3.52. The number of aliphatic hydroxyl groups excluding tert-OH is 2. The van der Waals surface area contributed by atoms with Gasteiger partial charge in [-0.2, -0.15) is 0 Å². The highest BCUT2D eigenvalue weighted by Gasteiger charge is 2.66. The summed E-state index contributed by atoms with van der Waals surface area (Å²) >= 11 is 0. The van der Waals surface area contributed by atoms with Crippen molar-refractivity contribution in [2.45, 2.75) is 23.9 Å². The van der Waals surface area contributed by atoms with Crippen LogP contribution in [0.2, 0.25) is 0 Å². The van der Waals surface area contributed by atoms with E-state index in [1.807, 2.05) is 0 Å². The largest absolute Gasteiger partial charge is 0.467 e. The normalized spacial score (nSPS) is 37.9. The number of aliphatic hydroxyl groups is 2. The lowest BCUT2D eigenvalue weighted by molar-refractivity contribution is -0.175. The van der Waals surface area contributed by atoms with E-state index in [2.05, 4.69) is 0 Å². The fourth-order valence-corrected chi connectivity index (χ4v) is 2.73. The molecule has 1 fully saturated rings. The van der Waals surface area contributed by atoms with Gasteiger partial charge in [-0.25, -0.2) is 4.79 Å². The Hall–Kier alpha value is -1.43. The molecule has 1 saturated heterocycles. The van der Waals surface area contributed by atoms with Crippen LogP contribution in [0.3, 0.4) is 0 Å². The van der Waals surface area contributed by atoms with Crippen LogP contribution in [-0.4, -0.2) is 35.5 Å². The summed E-state index contributed by atoms with van der Waals surface area (Å²) in [5.41, 5.74) is -0.263. The summed E-state index contributed by atoms with van der Waals surface area (Å²) in [5.74, 6) is -0.684. The molecule has 0 radical (unpaired) electrons. The van der Waals surface area contributed by atoms with Crippen molar-refractivity contribution in [1.82, 2.24) is 0 Å². The molecule has 1 aromatic carbocycles. The van der Waals surface area contributed by atoms with E-state index in [1.165, 1.54) is 7.11 Å². The van der Waals surface area contributed by atoms with Crippen molar-refractivity contribution < 1.29 is 24.5 Å². The SMILES string of the molecule is COC(=O)[C@@]12O[C@@H](c3ccccc31)[C@H](O)[C@H]2O. The molecule has 2 heterocycles. The molecule has 2 N–H and O–H groups in total. The van der Waals surface area contributed by atoms with Crippen molar-refractivity contribution >= 4 is 5.97 Å². The van der Waals surface area contributed by atoms with Crippen molar-refractivity contribution in [1.29, 1.82) is 0 Å². The molecule has 3 rings (SSSR count). The second-order valence-corrected chi connectivity index (χ2v) is 4.29. The first-order valence-corrected chi connectivity index (χ1v) is 5.34. The summed E-state index contributed by atoms with van der Waals surface area (Å²) in [6.07, 6.45) is -3.07. The van der Waals surface area contributed by atoms with Crippen LogP contribution >= 0.6 is 0 Å². The minimum atomic E-state index is -1.57. The summed E-state index contributed by atoms with van der Waals surface area (Å²) in [6, 6.07) is 7.04. The van der Waals surface area contributed by atoms with Crippen LogP contribution in [0, 0.1) is 0 Å². The van der Waals surface area contributed by atoms with Crippen LogP contribution in [0.25, 0.3) is 0 Å². The van der Waals surface area contributed by atoms with Gasteiger partial charge < -0.3 is 19.7 Å². The number of hydrogen-bond donors (Lipinski definition) is 2. The number of esters is 1. The Morgan fingerprint density at radius 3 is 2.82 bits per heavy atom. The smallest absolute Gasteiger partial charge is 0.345 e. The Labute approximate surface area is 97.6 Å². The zero-order valence-electron chi connectivity index (χ0n) is 9.16.